The van der Waals surface area contributed by atoms with Crippen molar-refractivity contribution in [2.24, 2.45) is 7.05 Å². The minimum atomic E-state index is -0.339. The number of aliphatic hydroxyl groups excluding tert-OH is 1. The van der Waals surface area contributed by atoms with Crippen molar-refractivity contribution < 1.29 is 14.6 Å². The van der Waals surface area contributed by atoms with Crippen LogP contribution in [0.25, 0.3) is 0 Å². The minimum Gasteiger partial charge on any atom is -0.462 e. The van der Waals surface area contributed by atoms with E-state index in [-0.39, 0.29) is 12.6 Å². The van der Waals surface area contributed by atoms with Crippen molar-refractivity contribution >= 4 is 5.97 Å². The first-order valence-electron chi connectivity index (χ1n) is 7.61. The minimum absolute atomic E-state index is 0.100. The van der Waals surface area contributed by atoms with E-state index < -0.39 is 0 Å². The van der Waals surface area contributed by atoms with Gasteiger partial charge in [0.15, 0.2) is 0 Å². The molecule has 1 heterocycles. The lowest BCUT2D eigenvalue weighted by Gasteiger charge is -2.30. The zero-order valence-electron chi connectivity index (χ0n) is 13.5. The SMILES string of the molecule is CCOC(=O)c1cnn(C)c1CN(CCO)C(CC)CC. The van der Waals surface area contributed by atoms with Crippen LogP contribution in [0.2, 0.25) is 0 Å². The maximum Gasteiger partial charge on any atom is 0.341 e. The van der Waals surface area contributed by atoms with Crippen molar-refractivity contribution in [3.8, 4) is 0 Å². The molecule has 1 N–H and O–H groups in total. The van der Waals surface area contributed by atoms with E-state index >= 15 is 0 Å². The number of aromatic nitrogens is 2. The van der Waals surface area contributed by atoms with Crippen LogP contribution in [0.15, 0.2) is 6.20 Å². The Labute approximate surface area is 126 Å². The predicted octanol–water partition coefficient (Wildman–Crippen LogP) is 1.58. The zero-order valence-corrected chi connectivity index (χ0v) is 13.5. The Hall–Kier alpha value is -1.40. The fraction of sp³-hybridized carbons (Fsp3) is 0.733. The van der Waals surface area contributed by atoms with Crippen LogP contribution in [0, 0.1) is 0 Å². The van der Waals surface area contributed by atoms with E-state index in [0.29, 0.717) is 31.3 Å². The number of rotatable bonds is 9. The van der Waals surface area contributed by atoms with Gasteiger partial charge in [-0.15, -0.1) is 0 Å². The molecule has 0 spiro atoms. The van der Waals surface area contributed by atoms with E-state index in [1.165, 1.54) is 0 Å². The van der Waals surface area contributed by atoms with Crippen LogP contribution in [0.5, 0.6) is 0 Å². The number of aliphatic hydroxyl groups is 1. The first-order chi connectivity index (χ1) is 10.1. The van der Waals surface area contributed by atoms with E-state index in [9.17, 15) is 9.90 Å². The molecule has 0 atom stereocenters. The summed E-state index contributed by atoms with van der Waals surface area (Å²) in [4.78, 5) is 14.2. The van der Waals surface area contributed by atoms with Crippen LogP contribution in [0.4, 0.5) is 0 Å². The number of aryl methyl sites for hydroxylation is 1. The Bertz CT molecular complexity index is 441. The average Bonchev–Trinajstić information content (AvgIpc) is 2.82. The molecule has 6 heteroatoms. The number of ether oxygens (including phenoxy) is 1. The number of hydrogen-bond donors (Lipinski definition) is 1. The summed E-state index contributed by atoms with van der Waals surface area (Å²) >= 11 is 0. The Morgan fingerprint density at radius 3 is 2.62 bits per heavy atom. The van der Waals surface area contributed by atoms with Gasteiger partial charge in [-0.2, -0.15) is 5.10 Å². The number of esters is 1. The van der Waals surface area contributed by atoms with Gasteiger partial charge in [0.1, 0.15) is 5.56 Å². The van der Waals surface area contributed by atoms with E-state index in [1.54, 1.807) is 17.8 Å². The predicted molar refractivity (Wildman–Crippen MR) is 81.0 cm³/mol. The normalized spacial score (nSPS) is 11.4. The highest BCUT2D eigenvalue weighted by Crippen LogP contribution is 2.17. The molecule has 0 amide bonds. The van der Waals surface area contributed by atoms with Crippen molar-refractivity contribution in [1.82, 2.24) is 14.7 Å². The third-order valence-electron chi connectivity index (χ3n) is 3.76. The summed E-state index contributed by atoms with van der Waals surface area (Å²) in [5.41, 5.74) is 1.34. The van der Waals surface area contributed by atoms with Crippen molar-refractivity contribution in [1.29, 1.82) is 0 Å². The topological polar surface area (TPSA) is 67.6 Å². The Balaban J connectivity index is 2.97. The monoisotopic (exact) mass is 297 g/mol. The lowest BCUT2D eigenvalue weighted by atomic mass is 10.1. The smallest absolute Gasteiger partial charge is 0.341 e. The van der Waals surface area contributed by atoms with E-state index in [0.717, 1.165) is 18.5 Å². The first-order valence-corrected chi connectivity index (χ1v) is 7.61. The number of carbonyl (C=O) groups is 1. The van der Waals surface area contributed by atoms with Gasteiger partial charge >= 0.3 is 5.97 Å². The summed E-state index contributed by atoms with van der Waals surface area (Å²) < 4.78 is 6.78. The summed E-state index contributed by atoms with van der Waals surface area (Å²) in [5, 5.41) is 13.5. The van der Waals surface area contributed by atoms with E-state index in [1.807, 2.05) is 7.05 Å². The van der Waals surface area contributed by atoms with Gasteiger partial charge in [0.25, 0.3) is 0 Å². The van der Waals surface area contributed by atoms with Gasteiger partial charge < -0.3 is 9.84 Å². The molecule has 0 aliphatic carbocycles. The lowest BCUT2D eigenvalue weighted by Crippen LogP contribution is -2.37. The lowest BCUT2D eigenvalue weighted by molar-refractivity contribution is 0.0522. The molecule has 1 aromatic rings. The van der Waals surface area contributed by atoms with Gasteiger partial charge in [-0.3, -0.25) is 9.58 Å². The Morgan fingerprint density at radius 1 is 1.43 bits per heavy atom. The number of carbonyl (C=O) groups excluding carboxylic acids is 1. The van der Waals surface area contributed by atoms with E-state index in [2.05, 4.69) is 23.8 Å². The van der Waals surface area contributed by atoms with Gasteiger partial charge in [-0.25, -0.2) is 4.79 Å². The summed E-state index contributed by atoms with van der Waals surface area (Å²) in [6, 6.07) is 0.377. The second-order valence-electron chi connectivity index (χ2n) is 5.01. The molecule has 0 aromatic carbocycles. The van der Waals surface area contributed by atoms with Crippen LogP contribution in [0.1, 0.15) is 49.7 Å². The highest BCUT2D eigenvalue weighted by atomic mass is 16.5. The molecule has 6 nitrogen and oxygen atoms in total. The number of hydrogen-bond acceptors (Lipinski definition) is 5. The summed E-state index contributed by atoms with van der Waals surface area (Å²) in [6.45, 7) is 7.67. The molecule has 0 unspecified atom stereocenters. The third kappa shape index (κ3) is 4.54. The molecule has 1 aromatic heterocycles. The summed E-state index contributed by atoms with van der Waals surface area (Å²) in [6.07, 6.45) is 3.56. The molecule has 1 rings (SSSR count). The molecular formula is C15H27N3O3. The molecule has 120 valence electrons. The van der Waals surface area contributed by atoms with Crippen molar-refractivity contribution in [2.75, 3.05) is 19.8 Å². The van der Waals surface area contributed by atoms with Gasteiger partial charge in [-0.1, -0.05) is 13.8 Å². The van der Waals surface area contributed by atoms with Crippen molar-refractivity contribution in [2.45, 2.75) is 46.2 Å². The molecule has 0 radical (unpaired) electrons. The molecule has 21 heavy (non-hydrogen) atoms. The fourth-order valence-electron chi connectivity index (χ4n) is 2.55. The van der Waals surface area contributed by atoms with Crippen molar-refractivity contribution in [3.05, 3.63) is 17.5 Å². The second kappa shape index (κ2) is 8.79. The summed E-state index contributed by atoms with van der Waals surface area (Å²) in [5.74, 6) is -0.339. The van der Waals surface area contributed by atoms with Crippen molar-refractivity contribution in [3.63, 3.8) is 0 Å². The third-order valence-corrected chi connectivity index (χ3v) is 3.76. The standard InChI is InChI=1S/C15H27N3O3/c1-5-12(6-2)18(8-9-19)11-14-13(10-16-17(14)4)15(20)21-7-3/h10,12,19H,5-9,11H2,1-4H3. The van der Waals surface area contributed by atoms with E-state index in [4.69, 9.17) is 4.74 Å². The molecular weight excluding hydrogens is 270 g/mol. The Morgan fingerprint density at radius 2 is 2.10 bits per heavy atom. The maximum absolute atomic E-state index is 12.0. The second-order valence-corrected chi connectivity index (χ2v) is 5.01. The molecule has 0 fully saturated rings. The number of nitrogens with zero attached hydrogens (tertiary/aromatic N) is 3. The van der Waals surface area contributed by atoms with Gasteiger partial charge in [0.2, 0.25) is 0 Å². The van der Waals surface area contributed by atoms with Gasteiger partial charge in [-0.05, 0) is 19.8 Å². The molecule has 0 saturated carbocycles. The van der Waals surface area contributed by atoms with Crippen LogP contribution < -0.4 is 0 Å². The molecule has 0 aliphatic heterocycles. The maximum atomic E-state index is 12.0. The average molecular weight is 297 g/mol. The van der Waals surface area contributed by atoms with Gasteiger partial charge in [0, 0.05) is 26.2 Å². The van der Waals surface area contributed by atoms with Crippen LogP contribution in [-0.4, -0.2) is 51.6 Å². The van der Waals surface area contributed by atoms with Crippen LogP contribution in [-0.2, 0) is 18.3 Å². The summed E-state index contributed by atoms with van der Waals surface area (Å²) in [7, 11) is 1.82. The van der Waals surface area contributed by atoms with Crippen LogP contribution in [0.3, 0.4) is 0 Å². The largest absolute Gasteiger partial charge is 0.462 e. The van der Waals surface area contributed by atoms with Crippen LogP contribution >= 0.6 is 0 Å². The Kier molecular flexibility index (Phi) is 7.39. The highest BCUT2D eigenvalue weighted by molar-refractivity contribution is 5.90. The fourth-order valence-corrected chi connectivity index (χ4v) is 2.55. The molecule has 0 aliphatic rings. The van der Waals surface area contributed by atoms with Gasteiger partial charge in [0.05, 0.1) is 25.1 Å². The highest BCUT2D eigenvalue weighted by Gasteiger charge is 2.22. The molecule has 0 bridgehead atoms. The zero-order chi connectivity index (χ0) is 15.8. The first kappa shape index (κ1) is 17.7. The quantitative estimate of drug-likeness (QED) is 0.701. The molecule has 0 saturated heterocycles.